The van der Waals surface area contributed by atoms with Gasteiger partial charge >= 0.3 is 5.97 Å². The normalized spacial score (nSPS) is 12.3. The number of hydrogen-bond acceptors (Lipinski definition) is 5. The molecule has 6 nitrogen and oxygen atoms in total. The van der Waals surface area contributed by atoms with Crippen LogP contribution in [-0.2, 0) is 21.2 Å². The van der Waals surface area contributed by atoms with E-state index in [1.165, 1.54) is 29.5 Å². The second-order valence-corrected chi connectivity index (χ2v) is 11.4. The second kappa shape index (κ2) is 9.39. The van der Waals surface area contributed by atoms with Gasteiger partial charge in [-0.2, -0.15) is 4.31 Å². The number of thiophene rings is 1. The van der Waals surface area contributed by atoms with Crippen molar-refractivity contribution < 1.29 is 23.1 Å². The topological polar surface area (TPSA) is 83.9 Å². The van der Waals surface area contributed by atoms with E-state index in [0.29, 0.717) is 29.5 Å². The molecule has 28 heavy (non-hydrogen) atoms. The van der Waals surface area contributed by atoms with Gasteiger partial charge in [0, 0.05) is 13.1 Å². The van der Waals surface area contributed by atoms with Gasteiger partial charge in [-0.3, -0.25) is 0 Å². The van der Waals surface area contributed by atoms with Gasteiger partial charge in [0.2, 0.25) is 0 Å². The molecule has 1 heterocycles. The number of aliphatic carboxylic acids is 1. The lowest BCUT2D eigenvalue weighted by molar-refractivity contribution is -0.152. The first-order chi connectivity index (χ1) is 13.1. The van der Waals surface area contributed by atoms with Crippen LogP contribution in [0.4, 0.5) is 0 Å². The lowest BCUT2D eigenvalue weighted by atomic mass is 10.1. The predicted molar refractivity (Wildman–Crippen MR) is 114 cm³/mol. The van der Waals surface area contributed by atoms with Crippen molar-refractivity contribution >= 4 is 43.3 Å². The Labute approximate surface area is 178 Å². The number of carboxylic acid groups (broad SMARTS) is 1. The number of carbonyl (C=O) groups is 1. The average molecular weight is 490 g/mol. The number of hydrogen-bond donors (Lipinski definition) is 1. The third kappa shape index (κ3) is 5.79. The highest BCUT2D eigenvalue weighted by molar-refractivity contribution is 9.11. The van der Waals surface area contributed by atoms with Crippen molar-refractivity contribution in [2.45, 2.75) is 43.4 Å². The molecule has 0 bridgehead atoms. The Bertz CT molecular complexity index is 907. The maximum atomic E-state index is 12.9. The van der Waals surface area contributed by atoms with E-state index in [0.717, 1.165) is 15.8 Å². The third-order valence-corrected chi connectivity index (χ3v) is 8.07. The monoisotopic (exact) mass is 489 g/mol. The van der Waals surface area contributed by atoms with Gasteiger partial charge in [0.25, 0.3) is 10.0 Å². The highest BCUT2D eigenvalue weighted by atomic mass is 79.9. The molecule has 9 heteroatoms. The van der Waals surface area contributed by atoms with Crippen LogP contribution in [0, 0.1) is 0 Å². The number of rotatable bonds is 10. The average Bonchev–Trinajstić information content (AvgIpc) is 3.06. The molecule has 2 rings (SSSR count). The van der Waals surface area contributed by atoms with E-state index in [1.807, 2.05) is 19.1 Å². The smallest absolute Gasteiger partial charge is 0.347 e. The zero-order valence-electron chi connectivity index (χ0n) is 16.0. The molecule has 0 unspecified atom stereocenters. The Balaban J connectivity index is 2.07. The molecule has 0 aliphatic heterocycles. The quantitative estimate of drug-likeness (QED) is 0.534. The SMILES string of the molecule is CCCN(CCc1ccc(OC(C)(C)C(=O)O)cc1)S(=O)(=O)c1ccc(Br)s1. The fourth-order valence-electron chi connectivity index (χ4n) is 2.48. The van der Waals surface area contributed by atoms with Gasteiger partial charge in [0.05, 0.1) is 3.79 Å². The molecule has 0 spiro atoms. The summed E-state index contributed by atoms with van der Waals surface area (Å²) in [5.41, 5.74) is -0.369. The Hall–Kier alpha value is -1.42. The minimum absolute atomic E-state index is 0.326. The summed E-state index contributed by atoms with van der Waals surface area (Å²) in [6, 6.07) is 10.4. The molecule has 1 aromatic carbocycles. The summed E-state index contributed by atoms with van der Waals surface area (Å²) >= 11 is 4.51. The largest absolute Gasteiger partial charge is 0.478 e. The maximum absolute atomic E-state index is 12.9. The zero-order chi connectivity index (χ0) is 20.9. The van der Waals surface area contributed by atoms with Crippen LogP contribution in [0.15, 0.2) is 44.4 Å². The standard InChI is InChI=1S/C19H24BrNO5S2/c1-4-12-21(28(24,25)17-10-9-16(20)27-17)13-11-14-5-7-15(8-6-14)26-19(2,3)18(22)23/h5-10H,4,11-13H2,1-3H3,(H,22,23). The van der Waals surface area contributed by atoms with Crippen LogP contribution in [0.2, 0.25) is 0 Å². The molecule has 0 fully saturated rings. The second-order valence-electron chi connectivity index (χ2n) is 6.77. The Morgan fingerprint density at radius 1 is 1.18 bits per heavy atom. The van der Waals surface area contributed by atoms with Crippen LogP contribution in [0.25, 0.3) is 0 Å². The predicted octanol–water partition coefficient (Wildman–Crippen LogP) is 4.40. The van der Waals surface area contributed by atoms with E-state index < -0.39 is 21.6 Å². The Morgan fingerprint density at radius 3 is 2.32 bits per heavy atom. The highest BCUT2D eigenvalue weighted by Crippen LogP contribution is 2.29. The highest BCUT2D eigenvalue weighted by Gasteiger charge is 2.29. The summed E-state index contributed by atoms with van der Waals surface area (Å²) in [5, 5.41) is 9.14. The van der Waals surface area contributed by atoms with Crippen LogP contribution in [-0.4, -0.2) is 42.5 Å². The molecule has 1 N–H and O–H groups in total. The van der Waals surface area contributed by atoms with Crippen LogP contribution >= 0.6 is 27.3 Å². The summed E-state index contributed by atoms with van der Waals surface area (Å²) in [6.45, 7) is 5.74. The van der Waals surface area contributed by atoms with Crippen molar-refractivity contribution in [3.63, 3.8) is 0 Å². The van der Waals surface area contributed by atoms with Gasteiger partial charge in [-0.15, -0.1) is 11.3 Å². The van der Waals surface area contributed by atoms with Crippen molar-refractivity contribution in [2.75, 3.05) is 13.1 Å². The van der Waals surface area contributed by atoms with E-state index in [4.69, 9.17) is 9.84 Å². The van der Waals surface area contributed by atoms with E-state index >= 15 is 0 Å². The lowest BCUT2D eigenvalue weighted by Gasteiger charge is -2.22. The summed E-state index contributed by atoms with van der Waals surface area (Å²) < 4.78 is 33.8. The number of ether oxygens (including phenoxy) is 1. The number of halogens is 1. The van der Waals surface area contributed by atoms with Crippen molar-refractivity contribution in [1.82, 2.24) is 4.31 Å². The summed E-state index contributed by atoms with van der Waals surface area (Å²) in [5.74, 6) is -0.588. The van der Waals surface area contributed by atoms with Crippen LogP contribution < -0.4 is 4.74 Å². The van der Waals surface area contributed by atoms with Crippen LogP contribution in [0.5, 0.6) is 5.75 Å². The fourth-order valence-corrected chi connectivity index (χ4v) is 6.18. The zero-order valence-corrected chi connectivity index (χ0v) is 19.2. The van der Waals surface area contributed by atoms with Gasteiger partial charge in [0.15, 0.2) is 5.60 Å². The van der Waals surface area contributed by atoms with Gasteiger partial charge in [-0.25, -0.2) is 13.2 Å². The molecule has 0 saturated carbocycles. The number of sulfonamides is 1. The van der Waals surface area contributed by atoms with Gasteiger partial charge in [-0.1, -0.05) is 19.1 Å². The minimum atomic E-state index is -3.52. The molecule has 0 aliphatic rings. The first kappa shape index (κ1) is 22.9. The van der Waals surface area contributed by atoms with Crippen molar-refractivity contribution in [2.24, 2.45) is 0 Å². The van der Waals surface area contributed by atoms with Crippen molar-refractivity contribution in [1.29, 1.82) is 0 Å². The Morgan fingerprint density at radius 2 is 1.82 bits per heavy atom. The number of benzene rings is 1. The molecule has 0 atom stereocenters. The molecule has 0 radical (unpaired) electrons. The van der Waals surface area contributed by atoms with Crippen LogP contribution in [0.3, 0.4) is 0 Å². The summed E-state index contributed by atoms with van der Waals surface area (Å²) in [7, 11) is -3.52. The fraction of sp³-hybridized carbons (Fsp3) is 0.421. The van der Waals surface area contributed by atoms with Gasteiger partial charge < -0.3 is 9.84 Å². The third-order valence-electron chi connectivity index (χ3n) is 4.08. The Kier molecular flexibility index (Phi) is 7.66. The van der Waals surface area contributed by atoms with E-state index in [1.54, 1.807) is 24.3 Å². The number of carboxylic acids is 1. The van der Waals surface area contributed by atoms with E-state index in [2.05, 4.69) is 15.9 Å². The van der Waals surface area contributed by atoms with E-state index in [-0.39, 0.29) is 0 Å². The molecule has 1 aromatic heterocycles. The molecular weight excluding hydrogens is 466 g/mol. The van der Waals surface area contributed by atoms with Crippen molar-refractivity contribution in [3.8, 4) is 5.75 Å². The maximum Gasteiger partial charge on any atom is 0.347 e. The van der Waals surface area contributed by atoms with Gasteiger partial charge in [-0.05, 0) is 72.4 Å². The molecule has 2 aromatic rings. The summed E-state index contributed by atoms with van der Waals surface area (Å²) in [4.78, 5) is 11.2. The first-order valence-corrected chi connectivity index (χ1v) is 11.9. The lowest BCUT2D eigenvalue weighted by Crippen LogP contribution is -2.37. The molecule has 0 amide bonds. The summed E-state index contributed by atoms with van der Waals surface area (Å²) in [6.07, 6.45) is 1.28. The first-order valence-electron chi connectivity index (χ1n) is 8.83. The molecule has 154 valence electrons. The van der Waals surface area contributed by atoms with Crippen LogP contribution in [0.1, 0.15) is 32.8 Å². The van der Waals surface area contributed by atoms with Crippen molar-refractivity contribution in [3.05, 3.63) is 45.7 Å². The molecular formula is C19H24BrNO5S2. The van der Waals surface area contributed by atoms with Gasteiger partial charge in [0.1, 0.15) is 9.96 Å². The van der Waals surface area contributed by atoms with E-state index in [9.17, 15) is 13.2 Å². The minimum Gasteiger partial charge on any atom is -0.478 e. The molecule has 0 aliphatic carbocycles. The number of nitrogens with zero attached hydrogens (tertiary/aromatic N) is 1. The molecule has 0 saturated heterocycles.